The van der Waals surface area contributed by atoms with Crippen molar-refractivity contribution in [2.75, 3.05) is 0 Å². The maximum absolute atomic E-state index is 11.9. The zero-order valence-corrected chi connectivity index (χ0v) is 9.66. The van der Waals surface area contributed by atoms with Crippen LogP contribution < -0.4 is 5.69 Å². The molecule has 2 rings (SSSR count). The van der Waals surface area contributed by atoms with Crippen molar-refractivity contribution in [1.82, 2.24) is 23.9 Å². The fourth-order valence-corrected chi connectivity index (χ4v) is 1.54. The average molecular weight is 221 g/mol. The first-order chi connectivity index (χ1) is 7.59. The number of imidazole rings is 1. The summed E-state index contributed by atoms with van der Waals surface area (Å²) in [7, 11) is 1.86. The van der Waals surface area contributed by atoms with Crippen LogP contribution in [0, 0.1) is 0 Å². The lowest BCUT2D eigenvalue weighted by Gasteiger charge is -2.04. The van der Waals surface area contributed by atoms with Gasteiger partial charge in [-0.1, -0.05) is 0 Å². The van der Waals surface area contributed by atoms with E-state index in [0.717, 1.165) is 5.82 Å². The molecule has 0 saturated carbocycles. The molecule has 0 N–H and O–H groups in total. The van der Waals surface area contributed by atoms with Gasteiger partial charge in [0.05, 0.1) is 6.54 Å². The van der Waals surface area contributed by atoms with Crippen molar-refractivity contribution in [2.45, 2.75) is 26.4 Å². The summed E-state index contributed by atoms with van der Waals surface area (Å²) in [6.45, 7) is 4.41. The summed E-state index contributed by atoms with van der Waals surface area (Å²) in [5, 5.41) is 7.73. The highest BCUT2D eigenvalue weighted by Crippen LogP contribution is 2.00. The monoisotopic (exact) mass is 221 g/mol. The highest BCUT2D eigenvalue weighted by molar-refractivity contribution is 4.91. The molecule has 2 aromatic rings. The second-order valence-electron chi connectivity index (χ2n) is 4.07. The number of aromatic nitrogens is 5. The smallest absolute Gasteiger partial charge is 0.319 e. The topological polar surface area (TPSA) is 57.6 Å². The SMILES string of the molecule is CC(C)n1ccn(Cc2nncn2C)c1=O. The Balaban J connectivity index is 2.30. The summed E-state index contributed by atoms with van der Waals surface area (Å²) >= 11 is 0. The number of rotatable bonds is 3. The molecule has 0 aliphatic rings. The molecule has 0 aromatic carbocycles. The van der Waals surface area contributed by atoms with E-state index in [0.29, 0.717) is 6.54 Å². The Labute approximate surface area is 93.2 Å². The molecule has 0 aliphatic carbocycles. The van der Waals surface area contributed by atoms with E-state index in [1.807, 2.05) is 20.9 Å². The van der Waals surface area contributed by atoms with Crippen LogP contribution in [0.4, 0.5) is 0 Å². The zero-order valence-electron chi connectivity index (χ0n) is 9.66. The van der Waals surface area contributed by atoms with Crippen LogP contribution in [0.15, 0.2) is 23.5 Å². The Morgan fingerprint density at radius 2 is 2.12 bits per heavy atom. The van der Waals surface area contributed by atoms with Gasteiger partial charge in [0.15, 0.2) is 5.82 Å². The summed E-state index contributed by atoms with van der Waals surface area (Å²) in [5.41, 5.74) is -0.0157. The van der Waals surface area contributed by atoms with Crippen LogP contribution >= 0.6 is 0 Å². The Morgan fingerprint density at radius 3 is 2.62 bits per heavy atom. The van der Waals surface area contributed by atoms with Gasteiger partial charge in [-0.3, -0.25) is 9.13 Å². The third kappa shape index (κ3) is 1.78. The van der Waals surface area contributed by atoms with Gasteiger partial charge in [-0.25, -0.2) is 4.79 Å². The first kappa shape index (κ1) is 10.7. The minimum Gasteiger partial charge on any atom is -0.319 e. The lowest BCUT2D eigenvalue weighted by atomic mass is 10.4. The number of hydrogen-bond donors (Lipinski definition) is 0. The lowest BCUT2D eigenvalue weighted by molar-refractivity contribution is 0.555. The van der Waals surface area contributed by atoms with Gasteiger partial charge in [-0.15, -0.1) is 10.2 Å². The van der Waals surface area contributed by atoms with E-state index in [-0.39, 0.29) is 11.7 Å². The molecule has 16 heavy (non-hydrogen) atoms. The Bertz CT molecular complexity index is 533. The second-order valence-corrected chi connectivity index (χ2v) is 4.07. The molecule has 0 unspecified atom stereocenters. The molecule has 0 radical (unpaired) electrons. The van der Waals surface area contributed by atoms with Crippen LogP contribution in [0.2, 0.25) is 0 Å². The quantitative estimate of drug-likeness (QED) is 0.754. The van der Waals surface area contributed by atoms with Gasteiger partial charge in [-0.05, 0) is 13.8 Å². The third-order valence-electron chi connectivity index (χ3n) is 2.55. The summed E-state index contributed by atoms with van der Waals surface area (Å²) in [6.07, 6.45) is 5.19. The standard InChI is InChI=1S/C10H15N5O/c1-8(2)15-5-4-14(10(15)16)6-9-12-11-7-13(9)3/h4-5,7-8H,6H2,1-3H3. The largest absolute Gasteiger partial charge is 0.328 e. The van der Waals surface area contributed by atoms with Crippen LogP contribution in [0.5, 0.6) is 0 Å². The van der Waals surface area contributed by atoms with Gasteiger partial charge in [0.25, 0.3) is 0 Å². The molecular weight excluding hydrogens is 206 g/mol. The average Bonchev–Trinajstić information content (AvgIpc) is 2.76. The molecule has 0 bridgehead atoms. The second kappa shape index (κ2) is 3.96. The van der Waals surface area contributed by atoms with Gasteiger partial charge in [-0.2, -0.15) is 0 Å². The van der Waals surface area contributed by atoms with Gasteiger partial charge in [0.2, 0.25) is 0 Å². The lowest BCUT2D eigenvalue weighted by Crippen LogP contribution is -2.26. The Morgan fingerprint density at radius 1 is 1.38 bits per heavy atom. The van der Waals surface area contributed by atoms with Crippen molar-refractivity contribution in [2.24, 2.45) is 7.05 Å². The minimum atomic E-state index is -0.0157. The fraction of sp³-hybridized carbons (Fsp3) is 0.500. The van der Waals surface area contributed by atoms with Crippen LogP contribution in [-0.4, -0.2) is 23.9 Å². The summed E-state index contributed by atoms with van der Waals surface area (Å²) in [6, 6.07) is 0.174. The van der Waals surface area contributed by atoms with Crippen LogP contribution in [0.3, 0.4) is 0 Å². The number of nitrogens with zero attached hydrogens (tertiary/aromatic N) is 5. The first-order valence-electron chi connectivity index (χ1n) is 5.19. The van der Waals surface area contributed by atoms with Crippen molar-refractivity contribution >= 4 is 0 Å². The van der Waals surface area contributed by atoms with Gasteiger partial charge >= 0.3 is 5.69 Å². The van der Waals surface area contributed by atoms with Crippen LogP contribution in [-0.2, 0) is 13.6 Å². The fourth-order valence-electron chi connectivity index (χ4n) is 1.54. The summed E-state index contributed by atoms with van der Waals surface area (Å²) < 4.78 is 5.12. The predicted molar refractivity (Wildman–Crippen MR) is 59.2 cm³/mol. The molecule has 0 spiro atoms. The summed E-state index contributed by atoms with van der Waals surface area (Å²) in [4.78, 5) is 11.9. The van der Waals surface area contributed by atoms with Crippen molar-refractivity contribution < 1.29 is 0 Å². The number of hydrogen-bond acceptors (Lipinski definition) is 3. The molecule has 0 amide bonds. The van der Waals surface area contributed by atoms with Crippen LogP contribution in [0.1, 0.15) is 25.7 Å². The molecule has 86 valence electrons. The Hall–Kier alpha value is -1.85. The van der Waals surface area contributed by atoms with Gasteiger partial charge in [0.1, 0.15) is 6.33 Å². The number of aryl methyl sites for hydroxylation is 1. The van der Waals surface area contributed by atoms with E-state index in [1.165, 1.54) is 0 Å². The molecule has 0 aliphatic heterocycles. The van der Waals surface area contributed by atoms with Crippen molar-refractivity contribution in [3.8, 4) is 0 Å². The predicted octanol–water partition coefficient (Wildman–Crippen LogP) is 0.408. The van der Waals surface area contributed by atoms with Crippen LogP contribution in [0.25, 0.3) is 0 Å². The van der Waals surface area contributed by atoms with E-state index >= 15 is 0 Å². The van der Waals surface area contributed by atoms with Gasteiger partial charge in [0, 0.05) is 25.5 Å². The molecule has 0 atom stereocenters. The van der Waals surface area contributed by atoms with Crippen molar-refractivity contribution in [1.29, 1.82) is 0 Å². The van der Waals surface area contributed by atoms with E-state index in [4.69, 9.17) is 0 Å². The molecule has 2 heterocycles. The molecule has 6 nitrogen and oxygen atoms in total. The maximum Gasteiger partial charge on any atom is 0.328 e. The highest BCUT2D eigenvalue weighted by Gasteiger charge is 2.08. The third-order valence-corrected chi connectivity index (χ3v) is 2.55. The first-order valence-corrected chi connectivity index (χ1v) is 5.19. The molecule has 0 saturated heterocycles. The molecular formula is C10H15N5O. The normalized spacial score (nSPS) is 11.2. The van der Waals surface area contributed by atoms with Crippen molar-refractivity contribution in [3.63, 3.8) is 0 Å². The molecule has 2 aromatic heterocycles. The maximum atomic E-state index is 11.9. The van der Waals surface area contributed by atoms with E-state index < -0.39 is 0 Å². The van der Waals surface area contributed by atoms with Crippen molar-refractivity contribution in [3.05, 3.63) is 35.0 Å². The molecule has 0 fully saturated rings. The van der Waals surface area contributed by atoms with E-state index in [9.17, 15) is 4.79 Å². The van der Waals surface area contributed by atoms with E-state index in [1.54, 1.807) is 32.4 Å². The van der Waals surface area contributed by atoms with Gasteiger partial charge < -0.3 is 4.57 Å². The zero-order chi connectivity index (χ0) is 11.7. The highest BCUT2D eigenvalue weighted by atomic mass is 16.1. The molecule has 6 heteroatoms. The minimum absolute atomic E-state index is 0.0157. The van der Waals surface area contributed by atoms with E-state index in [2.05, 4.69) is 10.2 Å². The Kier molecular flexibility index (Phi) is 2.64. The summed E-state index contributed by atoms with van der Waals surface area (Å²) in [5.74, 6) is 0.767.